The Bertz CT molecular complexity index is 1290. The summed E-state index contributed by atoms with van der Waals surface area (Å²) in [5.41, 5.74) is 3.14. The first-order valence-electron chi connectivity index (χ1n) is 9.74. The first kappa shape index (κ1) is 20.4. The van der Waals surface area contributed by atoms with Gasteiger partial charge in [0.1, 0.15) is 11.3 Å². The summed E-state index contributed by atoms with van der Waals surface area (Å²) in [5.74, 6) is 0.0650. The molecule has 0 amide bonds. The molecule has 158 valence electrons. The van der Waals surface area contributed by atoms with Crippen molar-refractivity contribution < 1.29 is 17.9 Å². The first-order valence-corrected chi connectivity index (χ1v) is 11.2. The molecule has 1 aromatic heterocycles. The fraction of sp³-hybridized carbons (Fsp3) is 0.318. The minimum absolute atomic E-state index is 0.0650. The van der Waals surface area contributed by atoms with Crippen LogP contribution >= 0.6 is 0 Å². The Balaban J connectivity index is 1.77. The van der Waals surface area contributed by atoms with Crippen LogP contribution in [0.25, 0.3) is 11.0 Å². The van der Waals surface area contributed by atoms with E-state index >= 15 is 0 Å². The van der Waals surface area contributed by atoms with Gasteiger partial charge in [-0.25, -0.2) is 17.5 Å². The fourth-order valence-corrected chi connectivity index (χ4v) is 4.91. The number of phenolic OH excluding ortho intramolecular Hbond substituents is 1. The molecule has 2 aromatic carbocycles. The molecule has 1 N–H and O–H groups in total. The predicted molar refractivity (Wildman–Crippen MR) is 116 cm³/mol. The topological polar surface area (TPSA) is 91.1 Å². The van der Waals surface area contributed by atoms with Crippen LogP contribution in [-0.2, 0) is 23.0 Å². The summed E-state index contributed by atoms with van der Waals surface area (Å²) >= 11 is 0. The Kier molecular flexibility index (Phi) is 5.07. The molecule has 0 unspecified atom stereocenters. The quantitative estimate of drug-likeness (QED) is 0.643. The molecular formula is C22H24N2O5S. The summed E-state index contributed by atoms with van der Waals surface area (Å²) in [6.45, 7) is 2.93. The van der Waals surface area contributed by atoms with Gasteiger partial charge in [-0.2, -0.15) is 0 Å². The third-order valence-corrected chi connectivity index (χ3v) is 7.40. The van der Waals surface area contributed by atoms with Crippen LogP contribution in [0.3, 0.4) is 0 Å². The second-order valence-electron chi connectivity index (χ2n) is 7.79. The van der Waals surface area contributed by atoms with Gasteiger partial charge in [-0.05, 0) is 61.2 Å². The molecule has 0 saturated carbocycles. The van der Waals surface area contributed by atoms with Crippen LogP contribution < -0.4 is 10.5 Å². The van der Waals surface area contributed by atoms with E-state index in [1.54, 1.807) is 24.3 Å². The van der Waals surface area contributed by atoms with Gasteiger partial charge in [0.15, 0.2) is 0 Å². The van der Waals surface area contributed by atoms with Crippen LogP contribution in [0.15, 0.2) is 50.5 Å². The first-order chi connectivity index (χ1) is 14.2. The molecule has 0 aliphatic carbocycles. The van der Waals surface area contributed by atoms with E-state index < -0.39 is 15.6 Å². The van der Waals surface area contributed by atoms with Crippen LogP contribution in [0.5, 0.6) is 5.75 Å². The smallest absolute Gasteiger partial charge is 0.336 e. The second kappa shape index (κ2) is 7.45. The fourth-order valence-electron chi connectivity index (χ4n) is 3.96. The number of benzene rings is 2. The molecule has 0 spiro atoms. The van der Waals surface area contributed by atoms with Gasteiger partial charge in [-0.3, -0.25) is 0 Å². The highest BCUT2D eigenvalue weighted by atomic mass is 32.2. The minimum atomic E-state index is -3.51. The van der Waals surface area contributed by atoms with Crippen molar-refractivity contribution in [3.05, 3.63) is 63.5 Å². The highest BCUT2D eigenvalue weighted by Crippen LogP contribution is 2.35. The molecule has 7 nitrogen and oxygen atoms in total. The molecule has 8 heteroatoms. The lowest BCUT2D eigenvalue weighted by Gasteiger charge is -2.32. The van der Waals surface area contributed by atoms with E-state index in [-0.39, 0.29) is 10.6 Å². The number of rotatable bonds is 4. The molecular weight excluding hydrogens is 404 g/mol. The summed E-state index contributed by atoms with van der Waals surface area (Å²) in [4.78, 5) is 14.3. The Hall–Kier alpha value is -2.84. The van der Waals surface area contributed by atoms with E-state index in [1.807, 2.05) is 13.0 Å². The summed E-state index contributed by atoms with van der Waals surface area (Å²) in [7, 11) is -0.479. The van der Waals surface area contributed by atoms with Crippen molar-refractivity contribution in [2.75, 3.05) is 25.5 Å². The third-order valence-electron chi connectivity index (χ3n) is 5.59. The largest absolute Gasteiger partial charge is 0.507 e. The Morgan fingerprint density at radius 1 is 1.17 bits per heavy atom. The van der Waals surface area contributed by atoms with E-state index in [0.29, 0.717) is 17.7 Å². The average molecular weight is 429 g/mol. The number of aromatic hydroxyl groups is 1. The third kappa shape index (κ3) is 3.46. The van der Waals surface area contributed by atoms with E-state index in [1.165, 1.54) is 24.5 Å². The lowest BCUT2D eigenvalue weighted by atomic mass is 10.00. The van der Waals surface area contributed by atoms with Crippen molar-refractivity contribution in [1.29, 1.82) is 0 Å². The molecule has 3 aromatic rings. The van der Waals surface area contributed by atoms with Crippen LogP contribution in [0.1, 0.15) is 23.1 Å². The number of aryl methyl sites for hydroxylation is 2. The standard InChI is InChI=1S/C22H24N2O5S/c1-14-11-21(26)29-22-17(14)7-9-20(25)18(22)13-24-10-4-5-15-12-16(6-8-19(15)24)30(27,28)23(2)3/h6-9,11-12,25H,4-5,10,13H2,1-3H3. The van der Waals surface area contributed by atoms with Crippen LogP contribution in [-0.4, -0.2) is 38.5 Å². The van der Waals surface area contributed by atoms with E-state index in [4.69, 9.17) is 4.42 Å². The van der Waals surface area contributed by atoms with Crippen molar-refractivity contribution in [3.8, 4) is 5.75 Å². The number of phenols is 1. The Morgan fingerprint density at radius 3 is 2.67 bits per heavy atom. The maximum Gasteiger partial charge on any atom is 0.336 e. The molecule has 4 rings (SSSR count). The number of fused-ring (bicyclic) bond motifs is 2. The summed E-state index contributed by atoms with van der Waals surface area (Å²) < 4.78 is 31.6. The minimum Gasteiger partial charge on any atom is -0.507 e. The van der Waals surface area contributed by atoms with Crippen LogP contribution in [0.4, 0.5) is 5.69 Å². The highest BCUT2D eigenvalue weighted by molar-refractivity contribution is 7.89. The Labute approximate surface area is 175 Å². The van der Waals surface area contributed by atoms with E-state index in [0.717, 1.165) is 41.6 Å². The summed E-state index contributed by atoms with van der Waals surface area (Å²) in [5, 5.41) is 11.3. The molecule has 0 saturated heterocycles. The molecule has 2 heterocycles. The second-order valence-corrected chi connectivity index (χ2v) is 9.94. The number of hydrogen-bond donors (Lipinski definition) is 1. The number of sulfonamides is 1. The maximum atomic E-state index is 12.5. The van der Waals surface area contributed by atoms with Crippen molar-refractivity contribution in [2.45, 2.75) is 31.2 Å². The van der Waals surface area contributed by atoms with Gasteiger partial charge in [0.2, 0.25) is 10.0 Å². The lowest BCUT2D eigenvalue weighted by molar-refractivity contribution is 0.463. The molecule has 0 atom stereocenters. The molecule has 1 aliphatic heterocycles. The Morgan fingerprint density at radius 2 is 1.93 bits per heavy atom. The van der Waals surface area contributed by atoms with Gasteiger partial charge in [0.25, 0.3) is 0 Å². The molecule has 1 aliphatic rings. The molecule has 0 radical (unpaired) electrons. The monoisotopic (exact) mass is 428 g/mol. The average Bonchev–Trinajstić information content (AvgIpc) is 2.69. The van der Waals surface area contributed by atoms with Crippen molar-refractivity contribution in [1.82, 2.24) is 4.31 Å². The summed E-state index contributed by atoms with van der Waals surface area (Å²) in [6.07, 6.45) is 1.63. The van der Waals surface area contributed by atoms with Crippen molar-refractivity contribution >= 4 is 26.7 Å². The van der Waals surface area contributed by atoms with Gasteiger partial charge < -0.3 is 14.4 Å². The number of hydrogen-bond acceptors (Lipinski definition) is 6. The SMILES string of the molecule is Cc1cc(=O)oc2c(CN3CCCc4cc(S(=O)(=O)N(C)C)ccc43)c(O)ccc12. The van der Waals surface area contributed by atoms with Crippen molar-refractivity contribution in [2.24, 2.45) is 0 Å². The zero-order chi connectivity index (χ0) is 21.6. The van der Waals surface area contributed by atoms with Gasteiger partial charge >= 0.3 is 5.63 Å². The molecule has 0 bridgehead atoms. The summed E-state index contributed by atoms with van der Waals surface area (Å²) in [6, 6.07) is 9.95. The van der Waals surface area contributed by atoms with Gasteiger partial charge in [0, 0.05) is 37.8 Å². The van der Waals surface area contributed by atoms with E-state index in [2.05, 4.69) is 4.90 Å². The normalized spacial score (nSPS) is 14.3. The van der Waals surface area contributed by atoms with Crippen molar-refractivity contribution in [3.63, 3.8) is 0 Å². The van der Waals surface area contributed by atoms with E-state index in [9.17, 15) is 18.3 Å². The number of nitrogens with zero attached hydrogens (tertiary/aromatic N) is 2. The highest BCUT2D eigenvalue weighted by Gasteiger charge is 2.24. The lowest BCUT2D eigenvalue weighted by Crippen LogP contribution is -2.29. The number of anilines is 1. The van der Waals surface area contributed by atoms with Crippen LogP contribution in [0.2, 0.25) is 0 Å². The van der Waals surface area contributed by atoms with Gasteiger partial charge in [0.05, 0.1) is 17.0 Å². The maximum absolute atomic E-state index is 12.5. The zero-order valence-electron chi connectivity index (χ0n) is 17.2. The van der Waals surface area contributed by atoms with Gasteiger partial charge in [-0.1, -0.05) is 0 Å². The van der Waals surface area contributed by atoms with Crippen LogP contribution in [0, 0.1) is 6.92 Å². The molecule has 0 fully saturated rings. The predicted octanol–water partition coefficient (Wildman–Crippen LogP) is 3.01. The van der Waals surface area contributed by atoms with Gasteiger partial charge in [-0.15, -0.1) is 0 Å². The zero-order valence-corrected chi connectivity index (χ0v) is 18.0. The molecule has 30 heavy (non-hydrogen) atoms.